The first-order valence-corrected chi connectivity index (χ1v) is 8.70. The molecule has 0 unspecified atom stereocenters. The Hall–Kier alpha value is -3.15. The van der Waals surface area contributed by atoms with E-state index >= 15 is 0 Å². The molecule has 6 heteroatoms. The summed E-state index contributed by atoms with van der Waals surface area (Å²) in [5.41, 5.74) is 3.92. The normalized spacial score (nSPS) is 16.3. The lowest BCUT2D eigenvalue weighted by Gasteiger charge is -2.36. The molecule has 1 aliphatic heterocycles. The van der Waals surface area contributed by atoms with E-state index in [-0.39, 0.29) is 24.3 Å². The Kier molecular flexibility index (Phi) is 4.16. The van der Waals surface area contributed by atoms with Crippen LogP contribution >= 0.6 is 0 Å². The highest BCUT2D eigenvalue weighted by atomic mass is 16.2. The van der Waals surface area contributed by atoms with E-state index in [1.165, 1.54) is 5.56 Å². The molecule has 1 aromatic heterocycles. The summed E-state index contributed by atoms with van der Waals surface area (Å²) in [7, 11) is 0. The molecule has 0 fully saturated rings. The number of hydrogen-bond donors (Lipinski definition) is 2. The van der Waals surface area contributed by atoms with Crippen molar-refractivity contribution >= 4 is 28.4 Å². The van der Waals surface area contributed by atoms with Crippen LogP contribution in [0.25, 0.3) is 10.9 Å². The van der Waals surface area contributed by atoms with Crippen LogP contribution in [0.5, 0.6) is 0 Å². The van der Waals surface area contributed by atoms with Crippen LogP contribution in [0.1, 0.15) is 30.5 Å². The average molecular weight is 348 g/mol. The third-order valence-corrected chi connectivity index (χ3v) is 4.92. The third kappa shape index (κ3) is 3.06. The monoisotopic (exact) mass is 348 g/mol. The largest absolute Gasteiger partial charge is 0.335 e. The number of H-pyrrole nitrogens is 1. The second kappa shape index (κ2) is 6.63. The summed E-state index contributed by atoms with van der Waals surface area (Å²) in [5, 5.41) is 10.8. The van der Waals surface area contributed by atoms with Crippen molar-refractivity contribution in [1.82, 2.24) is 15.1 Å². The molecule has 4 rings (SSSR count). The Bertz CT molecular complexity index is 979. The average Bonchev–Trinajstić information content (AvgIpc) is 3.09. The van der Waals surface area contributed by atoms with Gasteiger partial charge >= 0.3 is 0 Å². The van der Waals surface area contributed by atoms with Crippen LogP contribution in [0.15, 0.2) is 48.7 Å². The van der Waals surface area contributed by atoms with Crippen LogP contribution in [-0.4, -0.2) is 33.5 Å². The molecule has 0 radical (unpaired) electrons. The summed E-state index contributed by atoms with van der Waals surface area (Å²) in [6, 6.07) is 13.4. The minimum absolute atomic E-state index is 0.00267. The lowest BCUT2D eigenvalue weighted by Crippen LogP contribution is -2.40. The Morgan fingerprint density at radius 2 is 2.12 bits per heavy atom. The molecule has 0 saturated heterocycles. The van der Waals surface area contributed by atoms with Gasteiger partial charge in [0.2, 0.25) is 11.8 Å². The fraction of sp³-hybridized carbons (Fsp3) is 0.250. The molecule has 0 aliphatic carbocycles. The fourth-order valence-corrected chi connectivity index (χ4v) is 3.66. The predicted molar refractivity (Wildman–Crippen MR) is 99.6 cm³/mol. The first-order chi connectivity index (χ1) is 12.6. The number of amides is 2. The Morgan fingerprint density at radius 3 is 2.96 bits per heavy atom. The van der Waals surface area contributed by atoms with Gasteiger partial charge in [0.15, 0.2) is 0 Å². The highest BCUT2D eigenvalue weighted by Crippen LogP contribution is 2.32. The van der Waals surface area contributed by atoms with Gasteiger partial charge in [0.1, 0.15) is 0 Å². The number of anilines is 1. The molecule has 2 N–H and O–H groups in total. The van der Waals surface area contributed by atoms with E-state index in [0.29, 0.717) is 6.54 Å². The van der Waals surface area contributed by atoms with Crippen molar-refractivity contribution in [3.63, 3.8) is 0 Å². The van der Waals surface area contributed by atoms with Crippen molar-refractivity contribution in [2.24, 2.45) is 0 Å². The zero-order chi connectivity index (χ0) is 18.1. The number of fused-ring (bicyclic) bond motifs is 2. The molecule has 6 nitrogen and oxygen atoms in total. The van der Waals surface area contributed by atoms with Crippen molar-refractivity contribution in [3.05, 3.63) is 59.8 Å². The minimum Gasteiger partial charge on any atom is -0.335 e. The van der Waals surface area contributed by atoms with E-state index in [9.17, 15) is 9.59 Å². The summed E-state index contributed by atoms with van der Waals surface area (Å²) in [6.07, 6.45) is 2.78. The van der Waals surface area contributed by atoms with E-state index in [0.717, 1.165) is 28.6 Å². The molecule has 0 spiro atoms. The van der Waals surface area contributed by atoms with Gasteiger partial charge < -0.3 is 10.2 Å². The maximum Gasteiger partial charge on any atom is 0.226 e. The number of carbonyl (C=O) groups is 2. The van der Waals surface area contributed by atoms with E-state index in [2.05, 4.69) is 21.6 Å². The minimum atomic E-state index is -0.227. The lowest BCUT2D eigenvalue weighted by atomic mass is 9.90. The quantitative estimate of drug-likeness (QED) is 0.764. The van der Waals surface area contributed by atoms with Gasteiger partial charge in [-0.25, -0.2) is 0 Å². The first kappa shape index (κ1) is 16.3. The smallest absolute Gasteiger partial charge is 0.226 e. The second-order valence-electron chi connectivity index (χ2n) is 6.60. The molecule has 2 amide bonds. The highest BCUT2D eigenvalue weighted by molar-refractivity contribution is 5.94. The molecule has 2 heterocycles. The predicted octanol–water partition coefficient (Wildman–Crippen LogP) is 3.04. The van der Waals surface area contributed by atoms with Gasteiger partial charge in [0.05, 0.1) is 24.2 Å². The van der Waals surface area contributed by atoms with Gasteiger partial charge in [0, 0.05) is 24.5 Å². The summed E-state index contributed by atoms with van der Waals surface area (Å²) in [4.78, 5) is 26.5. The molecule has 2 aromatic carbocycles. The lowest BCUT2D eigenvalue weighted by molar-refractivity contribution is -0.132. The Balaban J connectivity index is 1.55. The SMILES string of the molecule is CC(=O)N1CCc2ccccc2[C@@H]1CC(=O)Nc1ccc2[nH]ncc2c1. The molecule has 0 bridgehead atoms. The van der Waals surface area contributed by atoms with Crippen LogP contribution in [0.2, 0.25) is 0 Å². The van der Waals surface area contributed by atoms with E-state index < -0.39 is 0 Å². The summed E-state index contributed by atoms with van der Waals surface area (Å²) in [6.45, 7) is 2.21. The van der Waals surface area contributed by atoms with Crippen molar-refractivity contribution in [2.45, 2.75) is 25.8 Å². The van der Waals surface area contributed by atoms with Crippen molar-refractivity contribution in [3.8, 4) is 0 Å². The van der Waals surface area contributed by atoms with E-state index in [1.807, 2.05) is 36.4 Å². The number of nitrogens with zero attached hydrogens (tertiary/aromatic N) is 2. The van der Waals surface area contributed by atoms with Gasteiger partial charge in [-0.2, -0.15) is 5.10 Å². The summed E-state index contributed by atoms with van der Waals surface area (Å²) < 4.78 is 0. The number of nitrogens with one attached hydrogen (secondary N) is 2. The second-order valence-corrected chi connectivity index (χ2v) is 6.60. The van der Waals surface area contributed by atoms with Crippen LogP contribution < -0.4 is 5.32 Å². The number of aromatic amines is 1. The number of hydrogen-bond acceptors (Lipinski definition) is 3. The van der Waals surface area contributed by atoms with Crippen molar-refractivity contribution < 1.29 is 9.59 Å². The van der Waals surface area contributed by atoms with Gasteiger partial charge in [-0.3, -0.25) is 14.7 Å². The van der Waals surface area contributed by atoms with Gasteiger partial charge in [0.25, 0.3) is 0 Å². The molecule has 3 aromatic rings. The Labute approximate surface area is 151 Å². The number of rotatable bonds is 3. The van der Waals surface area contributed by atoms with Crippen LogP contribution in [0, 0.1) is 0 Å². The standard InChI is InChI=1S/C20H20N4O2/c1-13(25)24-9-8-14-4-2-3-5-17(14)19(24)11-20(26)22-16-6-7-18-15(10-16)12-21-23-18/h2-7,10,12,19H,8-9,11H2,1H3,(H,21,23)(H,22,26)/t19-/m0/s1. The zero-order valence-corrected chi connectivity index (χ0v) is 14.5. The number of aromatic nitrogens is 2. The number of carbonyl (C=O) groups excluding carboxylic acids is 2. The van der Waals surface area contributed by atoms with Crippen molar-refractivity contribution in [1.29, 1.82) is 0 Å². The maximum atomic E-state index is 12.7. The zero-order valence-electron chi connectivity index (χ0n) is 14.5. The highest BCUT2D eigenvalue weighted by Gasteiger charge is 2.30. The van der Waals surface area contributed by atoms with Gasteiger partial charge in [-0.1, -0.05) is 24.3 Å². The molecular formula is C20H20N4O2. The van der Waals surface area contributed by atoms with Gasteiger partial charge in [-0.05, 0) is 35.7 Å². The summed E-state index contributed by atoms with van der Waals surface area (Å²) >= 11 is 0. The third-order valence-electron chi connectivity index (χ3n) is 4.92. The van der Waals surface area contributed by atoms with Crippen LogP contribution in [-0.2, 0) is 16.0 Å². The molecule has 1 aliphatic rings. The van der Waals surface area contributed by atoms with E-state index in [4.69, 9.17) is 0 Å². The van der Waals surface area contributed by atoms with Crippen molar-refractivity contribution in [2.75, 3.05) is 11.9 Å². The molecule has 0 saturated carbocycles. The maximum absolute atomic E-state index is 12.7. The van der Waals surface area contributed by atoms with Crippen LogP contribution in [0.3, 0.4) is 0 Å². The molecule has 1 atom stereocenters. The van der Waals surface area contributed by atoms with E-state index in [1.54, 1.807) is 18.0 Å². The first-order valence-electron chi connectivity index (χ1n) is 8.70. The fourth-order valence-electron chi connectivity index (χ4n) is 3.66. The number of benzene rings is 2. The molecule has 26 heavy (non-hydrogen) atoms. The molecule has 132 valence electrons. The summed E-state index contributed by atoms with van der Waals surface area (Å²) in [5.74, 6) is -0.113. The Morgan fingerprint density at radius 1 is 1.27 bits per heavy atom. The van der Waals surface area contributed by atoms with Crippen LogP contribution in [0.4, 0.5) is 5.69 Å². The molecular weight excluding hydrogens is 328 g/mol. The topological polar surface area (TPSA) is 78.1 Å². The van der Waals surface area contributed by atoms with Gasteiger partial charge in [-0.15, -0.1) is 0 Å².